The fourth-order valence-electron chi connectivity index (χ4n) is 2.70. The molecule has 1 aliphatic heterocycles. The number of hydrogen-bond acceptors (Lipinski definition) is 5. The zero-order chi connectivity index (χ0) is 17.3. The SMILES string of the molecule is Cc1nc(CN2CCN(S(=O)(=O)c3c(Cl)cccc3Cl)CC2)cs1. The molecule has 24 heavy (non-hydrogen) atoms. The van der Waals surface area contributed by atoms with E-state index in [1.807, 2.05) is 12.3 Å². The van der Waals surface area contributed by atoms with Gasteiger partial charge in [0.1, 0.15) is 4.90 Å². The Labute approximate surface area is 155 Å². The molecule has 0 spiro atoms. The molecular weight excluding hydrogens is 389 g/mol. The summed E-state index contributed by atoms with van der Waals surface area (Å²) in [5, 5.41) is 3.40. The van der Waals surface area contributed by atoms with Gasteiger partial charge in [-0.1, -0.05) is 29.3 Å². The number of sulfonamides is 1. The van der Waals surface area contributed by atoms with Gasteiger partial charge in [-0.15, -0.1) is 11.3 Å². The summed E-state index contributed by atoms with van der Waals surface area (Å²) in [7, 11) is -3.69. The Hall–Kier alpha value is -0.700. The first kappa shape index (κ1) is 18.1. The van der Waals surface area contributed by atoms with Crippen molar-refractivity contribution in [2.75, 3.05) is 26.2 Å². The van der Waals surface area contributed by atoms with E-state index >= 15 is 0 Å². The molecule has 9 heteroatoms. The van der Waals surface area contributed by atoms with Gasteiger partial charge >= 0.3 is 0 Å². The average Bonchev–Trinajstić information content (AvgIpc) is 2.92. The van der Waals surface area contributed by atoms with Gasteiger partial charge in [0.15, 0.2) is 0 Å². The third kappa shape index (κ3) is 3.76. The molecule has 0 atom stereocenters. The highest BCUT2D eigenvalue weighted by Crippen LogP contribution is 2.31. The average molecular weight is 406 g/mol. The Morgan fingerprint density at radius 1 is 1.17 bits per heavy atom. The molecule has 3 rings (SSSR count). The van der Waals surface area contributed by atoms with Gasteiger partial charge in [-0.3, -0.25) is 4.90 Å². The molecule has 0 aliphatic carbocycles. The van der Waals surface area contributed by atoms with Gasteiger partial charge in [0.05, 0.1) is 20.7 Å². The second-order valence-corrected chi connectivity index (χ2v) is 9.34. The van der Waals surface area contributed by atoms with Crippen LogP contribution in [0.3, 0.4) is 0 Å². The minimum Gasteiger partial charge on any atom is -0.295 e. The summed E-state index contributed by atoms with van der Waals surface area (Å²) < 4.78 is 27.1. The predicted octanol–water partition coefficient (Wildman–Crippen LogP) is 3.26. The molecule has 2 aromatic rings. The summed E-state index contributed by atoms with van der Waals surface area (Å²) >= 11 is 13.8. The van der Waals surface area contributed by atoms with Crippen LogP contribution in [-0.4, -0.2) is 48.8 Å². The highest BCUT2D eigenvalue weighted by atomic mass is 35.5. The standard InChI is InChI=1S/C15H17Cl2N3O2S2/c1-11-18-12(10-23-11)9-19-5-7-20(8-6-19)24(21,22)15-13(16)3-2-4-14(15)17/h2-4,10H,5-9H2,1H3. The lowest BCUT2D eigenvalue weighted by atomic mass is 10.3. The largest absolute Gasteiger partial charge is 0.295 e. The lowest BCUT2D eigenvalue weighted by Gasteiger charge is -2.33. The number of piperazine rings is 1. The van der Waals surface area contributed by atoms with Gasteiger partial charge in [0.25, 0.3) is 0 Å². The monoisotopic (exact) mass is 405 g/mol. The van der Waals surface area contributed by atoms with Crippen LogP contribution in [0.2, 0.25) is 10.0 Å². The van der Waals surface area contributed by atoms with E-state index in [4.69, 9.17) is 23.2 Å². The van der Waals surface area contributed by atoms with Gasteiger partial charge < -0.3 is 0 Å². The van der Waals surface area contributed by atoms with Crippen molar-refractivity contribution in [1.29, 1.82) is 0 Å². The summed E-state index contributed by atoms with van der Waals surface area (Å²) in [6.45, 7) is 4.84. The lowest BCUT2D eigenvalue weighted by Crippen LogP contribution is -2.48. The van der Waals surface area contributed by atoms with Crippen LogP contribution >= 0.6 is 34.5 Å². The summed E-state index contributed by atoms with van der Waals surface area (Å²) in [4.78, 5) is 6.65. The van der Waals surface area contributed by atoms with Crippen LogP contribution in [0.15, 0.2) is 28.5 Å². The maximum Gasteiger partial charge on any atom is 0.246 e. The minimum absolute atomic E-state index is 0.00286. The number of aromatic nitrogens is 1. The first-order chi connectivity index (χ1) is 11.4. The maximum atomic E-state index is 12.8. The zero-order valence-corrected chi connectivity index (χ0v) is 16.2. The molecule has 0 radical (unpaired) electrons. The summed E-state index contributed by atoms with van der Waals surface area (Å²) in [5.74, 6) is 0. The molecule has 1 fully saturated rings. The third-order valence-corrected chi connectivity index (χ3v) is 7.58. The molecule has 0 N–H and O–H groups in total. The molecule has 0 amide bonds. The normalized spacial score (nSPS) is 17.3. The summed E-state index contributed by atoms with van der Waals surface area (Å²) in [6.07, 6.45) is 0. The fourth-order valence-corrected chi connectivity index (χ4v) is 5.81. The van der Waals surface area contributed by atoms with Gasteiger partial charge in [-0.05, 0) is 19.1 Å². The van der Waals surface area contributed by atoms with Crippen molar-refractivity contribution in [2.45, 2.75) is 18.4 Å². The first-order valence-electron chi connectivity index (χ1n) is 7.45. The van der Waals surface area contributed by atoms with Crippen LogP contribution < -0.4 is 0 Å². The molecule has 0 saturated carbocycles. The van der Waals surface area contributed by atoms with E-state index in [0.29, 0.717) is 26.2 Å². The Kier molecular flexibility index (Phi) is 5.48. The van der Waals surface area contributed by atoms with Crippen molar-refractivity contribution < 1.29 is 8.42 Å². The molecule has 130 valence electrons. The van der Waals surface area contributed by atoms with Crippen LogP contribution in [0.1, 0.15) is 10.7 Å². The fraction of sp³-hybridized carbons (Fsp3) is 0.400. The number of aryl methyl sites for hydroxylation is 1. The van der Waals surface area contributed by atoms with Crippen molar-refractivity contribution in [3.8, 4) is 0 Å². The lowest BCUT2D eigenvalue weighted by molar-refractivity contribution is 0.180. The molecule has 1 saturated heterocycles. The number of halogens is 2. The predicted molar refractivity (Wildman–Crippen MR) is 97.3 cm³/mol. The minimum atomic E-state index is -3.69. The van der Waals surface area contributed by atoms with E-state index in [-0.39, 0.29) is 14.9 Å². The van der Waals surface area contributed by atoms with Crippen LogP contribution in [0.5, 0.6) is 0 Å². The molecule has 5 nitrogen and oxygen atoms in total. The highest BCUT2D eigenvalue weighted by molar-refractivity contribution is 7.89. The zero-order valence-electron chi connectivity index (χ0n) is 13.1. The van der Waals surface area contributed by atoms with Gasteiger partial charge in [-0.2, -0.15) is 4.31 Å². The van der Waals surface area contributed by atoms with Gasteiger partial charge in [-0.25, -0.2) is 13.4 Å². The van der Waals surface area contributed by atoms with Crippen molar-refractivity contribution in [3.63, 3.8) is 0 Å². The van der Waals surface area contributed by atoms with Crippen LogP contribution in [0.4, 0.5) is 0 Å². The molecule has 0 unspecified atom stereocenters. The van der Waals surface area contributed by atoms with Gasteiger partial charge in [0.2, 0.25) is 10.0 Å². The Bertz CT molecular complexity index is 811. The van der Waals surface area contributed by atoms with Crippen LogP contribution in [-0.2, 0) is 16.6 Å². The van der Waals surface area contributed by atoms with Gasteiger partial charge in [0, 0.05) is 38.1 Å². The quantitative estimate of drug-likeness (QED) is 0.782. The van der Waals surface area contributed by atoms with E-state index < -0.39 is 10.0 Å². The molecule has 1 aliphatic rings. The first-order valence-corrected chi connectivity index (χ1v) is 10.5. The smallest absolute Gasteiger partial charge is 0.246 e. The van der Waals surface area contributed by atoms with E-state index in [1.54, 1.807) is 29.5 Å². The molecular formula is C15H17Cl2N3O2S2. The maximum absolute atomic E-state index is 12.8. The molecule has 0 bridgehead atoms. The van der Waals surface area contributed by atoms with Crippen molar-refractivity contribution >= 4 is 44.6 Å². The summed E-state index contributed by atoms with van der Waals surface area (Å²) in [6, 6.07) is 4.72. The van der Waals surface area contributed by atoms with E-state index in [9.17, 15) is 8.42 Å². The van der Waals surface area contributed by atoms with E-state index in [0.717, 1.165) is 17.2 Å². The van der Waals surface area contributed by atoms with Crippen molar-refractivity contribution in [3.05, 3.63) is 44.3 Å². The molecule has 1 aromatic heterocycles. The Morgan fingerprint density at radius 3 is 2.33 bits per heavy atom. The number of hydrogen-bond donors (Lipinski definition) is 0. The Balaban J connectivity index is 1.69. The molecule has 2 heterocycles. The number of nitrogens with zero attached hydrogens (tertiary/aromatic N) is 3. The van der Waals surface area contributed by atoms with Crippen molar-refractivity contribution in [2.24, 2.45) is 0 Å². The third-order valence-electron chi connectivity index (χ3n) is 3.90. The number of thiazole rings is 1. The van der Waals surface area contributed by atoms with Crippen LogP contribution in [0.25, 0.3) is 0 Å². The number of benzene rings is 1. The second kappa shape index (κ2) is 7.27. The number of rotatable bonds is 4. The van der Waals surface area contributed by atoms with Crippen LogP contribution in [0, 0.1) is 6.92 Å². The summed E-state index contributed by atoms with van der Waals surface area (Å²) in [5.41, 5.74) is 1.03. The second-order valence-electron chi connectivity index (χ2n) is 5.59. The van der Waals surface area contributed by atoms with Crippen molar-refractivity contribution in [1.82, 2.24) is 14.2 Å². The van der Waals surface area contributed by atoms with E-state index in [1.165, 1.54) is 4.31 Å². The van der Waals surface area contributed by atoms with E-state index in [2.05, 4.69) is 9.88 Å². The highest BCUT2D eigenvalue weighted by Gasteiger charge is 2.31. The topological polar surface area (TPSA) is 53.5 Å². The molecule has 1 aromatic carbocycles. The Morgan fingerprint density at radius 2 is 1.79 bits per heavy atom.